The molecule has 1 aromatic heterocycles. The Hall–Kier alpha value is -1.91. The molecular weight excluding hydrogens is 324 g/mol. The molecular formula is C19H21ClN2O2. The molecule has 0 aliphatic carbocycles. The minimum absolute atomic E-state index is 0.0472. The summed E-state index contributed by atoms with van der Waals surface area (Å²) in [7, 11) is 0. The lowest BCUT2D eigenvalue weighted by atomic mass is 9.93. The normalized spacial score (nSPS) is 17.6. The number of aliphatic carboxylic acids is 1. The van der Waals surface area contributed by atoms with Crippen molar-refractivity contribution in [2.75, 3.05) is 13.1 Å². The van der Waals surface area contributed by atoms with Crippen LogP contribution in [-0.2, 0) is 4.79 Å². The number of hydrogen-bond acceptors (Lipinski definition) is 3. The second-order valence-corrected chi connectivity index (χ2v) is 6.74. The highest BCUT2D eigenvalue weighted by molar-refractivity contribution is 6.31. The third kappa shape index (κ3) is 3.60. The fourth-order valence-electron chi connectivity index (χ4n) is 3.29. The van der Waals surface area contributed by atoms with Crippen molar-refractivity contribution in [2.24, 2.45) is 5.92 Å². The molecule has 0 bridgehead atoms. The first kappa shape index (κ1) is 16.9. The van der Waals surface area contributed by atoms with Crippen LogP contribution in [0.1, 0.15) is 35.7 Å². The predicted octanol–water partition coefficient (Wildman–Crippen LogP) is 3.93. The van der Waals surface area contributed by atoms with Gasteiger partial charge in [0.25, 0.3) is 0 Å². The van der Waals surface area contributed by atoms with Crippen molar-refractivity contribution < 1.29 is 9.90 Å². The zero-order valence-corrected chi connectivity index (χ0v) is 14.4. The Balaban J connectivity index is 1.93. The Kier molecular flexibility index (Phi) is 5.17. The summed E-state index contributed by atoms with van der Waals surface area (Å²) in [6, 6.07) is 11.9. The number of piperidine rings is 1. The smallest absolute Gasteiger partial charge is 0.306 e. The molecule has 1 fully saturated rings. The van der Waals surface area contributed by atoms with Crippen molar-refractivity contribution >= 4 is 17.6 Å². The second-order valence-electron chi connectivity index (χ2n) is 6.33. The molecule has 5 heteroatoms. The Morgan fingerprint density at radius 1 is 1.25 bits per heavy atom. The molecule has 1 aliphatic heterocycles. The molecule has 2 heterocycles. The highest BCUT2D eigenvalue weighted by Gasteiger charge is 2.31. The van der Waals surface area contributed by atoms with Gasteiger partial charge < -0.3 is 5.11 Å². The molecule has 4 nitrogen and oxygen atoms in total. The number of carboxylic acid groups (broad SMARTS) is 1. The van der Waals surface area contributed by atoms with Crippen LogP contribution in [0.25, 0.3) is 0 Å². The van der Waals surface area contributed by atoms with Crippen LogP contribution in [0.5, 0.6) is 0 Å². The van der Waals surface area contributed by atoms with Gasteiger partial charge >= 0.3 is 5.97 Å². The van der Waals surface area contributed by atoms with Crippen molar-refractivity contribution in [1.29, 1.82) is 0 Å². The van der Waals surface area contributed by atoms with Gasteiger partial charge in [0.15, 0.2) is 0 Å². The second kappa shape index (κ2) is 7.32. The molecule has 0 saturated carbocycles. The summed E-state index contributed by atoms with van der Waals surface area (Å²) in [4.78, 5) is 18.1. The zero-order valence-electron chi connectivity index (χ0n) is 13.7. The molecule has 1 aliphatic rings. The van der Waals surface area contributed by atoms with Gasteiger partial charge in [0.1, 0.15) is 0 Å². The van der Waals surface area contributed by atoms with Gasteiger partial charge in [-0.1, -0.05) is 35.9 Å². The van der Waals surface area contributed by atoms with Crippen LogP contribution in [0.4, 0.5) is 0 Å². The maximum atomic E-state index is 11.2. The van der Waals surface area contributed by atoms with Gasteiger partial charge in [0, 0.05) is 11.2 Å². The van der Waals surface area contributed by atoms with Crippen LogP contribution < -0.4 is 0 Å². The van der Waals surface area contributed by atoms with Crippen molar-refractivity contribution in [3.8, 4) is 0 Å². The van der Waals surface area contributed by atoms with Gasteiger partial charge in [0.05, 0.1) is 17.7 Å². The Labute approximate surface area is 147 Å². The molecule has 126 valence electrons. The van der Waals surface area contributed by atoms with Crippen LogP contribution in [0.15, 0.2) is 42.6 Å². The lowest BCUT2D eigenvalue weighted by Crippen LogP contribution is -2.39. The van der Waals surface area contributed by atoms with Crippen molar-refractivity contribution in [1.82, 2.24) is 9.88 Å². The van der Waals surface area contributed by atoms with Crippen LogP contribution >= 0.6 is 11.6 Å². The van der Waals surface area contributed by atoms with Crippen LogP contribution in [0.2, 0.25) is 5.02 Å². The average molecular weight is 345 g/mol. The standard InChI is InChI=1S/C19H21ClN2O2/c1-13-6-7-17(21-12-13)18(15-4-2-3-5-16(15)20)22-10-8-14(9-11-22)19(23)24/h2-7,12,14,18H,8-11H2,1H3,(H,23,24). The lowest BCUT2D eigenvalue weighted by molar-refractivity contribution is -0.143. The van der Waals surface area contributed by atoms with E-state index in [-0.39, 0.29) is 12.0 Å². The van der Waals surface area contributed by atoms with E-state index in [1.807, 2.05) is 43.5 Å². The zero-order chi connectivity index (χ0) is 17.1. The molecule has 3 rings (SSSR count). The van der Waals surface area contributed by atoms with E-state index < -0.39 is 5.97 Å². The summed E-state index contributed by atoms with van der Waals surface area (Å²) < 4.78 is 0. The van der Waals surface area contributed by atoms with E-state index in [1.54, 1.807) is 0 Å². The molecule has 0 amide bonds. The van der Waals surface area contributed by atoms with Gasteiger partial charge in [-0.25, -0.2) is 0 Å². The molecule has 0 radical (unpaired) electrons. The first-order valence-corrected chi connectivity index (χ1v) is 8.58. The number of nitrogens with zero attached hydrogens (tertiary/aromatic N) is 2. The lowest BCUT2D eigenvalue weighted by Gasteiger charge is -2.36. The van der Waals surface area contributed by atoms with E-state index in [9.17, 15) is 9.90 Å². The minimum Gasteiger partial charge on any atom is -0.481 e. The summed E-state index contributed by atoms with van der Waals surface area (Å²) >= 11 is 6.45. The number of aromatic nitrogens is 1. The Bertz CT molecular complexity index is 710. The van der Waals surface area contributed by atoms with Gasteiger partial charge in [-0.05, 0) is 56.1 Å². The maximum Gasteiger partial charge on any atom is 0.306 e. The molecule has 24 heavy (non-hydrogen) atoms. The third-order valence-electron chi connectivity index (χ3n) is 4.66. The molecule has 1 N–H and O–H groups in total. The highest BCUT2D eigenvalue weighted by atomic mass is 35.5. The first-order chi connectivity index (χ1) is 11.6. The molecule has 1 atom stereocenters. The van der Waals surface area contributed by atoms with E-state index in [0.717, 1.165) is 29.9 Å². The summed E-state index contributed by atoms with van der Waals surface area (Å²) in [5.74, 6) is -0.948. The molecule has 1 aromatic carbocycles. The Morgan fingerprint density at radius 3 is 2.54 bits per heavy atom. The summed E-state index contributed by atoms with van der Waals surface area (Å²) in [6.45, 7) is 3.46. The summed E-state index contributed by atoms with van der Waals surface area (Å²) in [5, 5.41) is 9.93. The third-order valence-corrected chi connectivity index (χ3v) is 5.00. The number of aryl methyl sites for hydroxylation is 1. The van der Waals surface area contributed by atoms with Crippen molar-refractivity contribution in [3.63, 3.8) is 0 Å². The van der Waals surface area contributed by atoms with Gasteiger partial charge in [-0.2, -0.15) is 0 Å². The number of carboxylic acids is 1. The average Bonchev–Trinajstić information content (AvgIpc) is 2.59. The number of carbonyl (C=O) groups is 1. The number of likely N-dealkylation sites (tertiary alicyclic amines) is 1. The molecule has 1 unspecified atom stereocenters. The monoisotopic (exact) mass is 344 g/mol. The number of pyridine rings is 1. The summed E-state index contributed by atoms with van der Waals surface area (Å²) in [6.07, 6.45) is 3.17. The number of halogens is 1. The van der Waals surface area contributed by atoms with Gasteiger partial charge in [-0.15, -0.1) is 0 Å². The fraction of sp³-hybridized carbons (Fsp3) is 0.368. The van der Waals surface area contributed by atoms with E-state index in [0.29, 0.717) is 17.9 Å². The largest absolute Gasteiger partial charge is 0.481 e. The minimum atomic E-state index is -0.697. The maximum absolute atomic E-state index is 11.2. The van der Waals surface area contributed by atoms with Crippen LogP contribution in [0, 0.1) is 12.8 Å². The van der Waals surface area contributed by atoms with Crippen molar-refractivity contribution in [2.45, 2.75) is 25.8 Å². The van der Waals surface area contributed by atoms with E-state index in [4.69, 9.17) is 11.6 Å². The van der Waals surface area contributed by atoms with Crippen LogP contribution in [-0.4, -0.2) is 34.0 Å². The SMILES string of the molecule is Cc1ccc(C(c2ccccc2Cl)N2CCC(C(=O)O)CC2)nc1. The van der Waals surface area contributed by atoms with Gasteiger partial charge in [0.2, 0.25) is 0 Å². The van der Waals surface area contributed by atoms with Gasteiger partial charge in [-0.3, -0.25) is 14.7 Å². The van der Waals surface area contributed by atoms with E-state index in [2.05, 4.69) is 16.0 Å². The van der Waals surface area contributed by atoms with Crippen LogP contribution in [0.3, 0.4) is 0 Å². The number of rotatable bonds is 4. The summed E-state index contributed by atoms with van der Waals surface area (Å²) in [5.41, 5.74) is 3.08. The van der Waals surface area contributed by atoms with Crippen molar-refractivity contribution in [3.05, 3.63) is 64.4 Å². The highest BCUT2D eigenvalue weighted by Crippen LogP contribution is 2.35. The molecule has 1 saturated heterocycles. The predicted molar refractivity (Wildman–Crippen MR) is 94.2 cm³/mol. The van der Waals surface area contributed by atoms with E-state index >= 15 is 0 Å². The van der Waals surface area contributed by atoms with E-state index in [1.165, 1.54) is 0 Å². The molecule has 2 aromatic rings. The number of hydrogen-bond donors (Lipinski definition) is 1. The molecule has 0 spiro atoms. The first-order valence-electron chi connectivity index (χ1n) is 8.20. The quantitative estimate of drug-likeness (QED) is 0.913. The topological polar surface area (TPSA) is 53.4 Å². The fourth-order valence-corrected chi connectivity index (χ4v) is 3.52. The Morgan fingerprint density at radius 2 is 1.96 bits per heavy atom. The number of benzene rings is 1.